The summed E-state index contributed by atoms with van der Waals surface area (Å²) < 4.78 is 0. The summed E-state index contributed by atoms with van der Waals surface area (Å²) >= 11 is 0. The van der Waals surface area contributed by atoms with Crippen LogP contribution in [0, 0.1) is 12.8 Å². The first-order valence-corrected chi connectivity index (χ1v) is 6.24. The van der Waals surface area contributed by atoms with Crippen molar-refractivity contribution in [2.45, 2.75) is 46.5 Å². The molecule has 0 aliphatic carbocycles. The van der Waals surface area contributed by atoms with E-state index in [1.54, 1.807) is 6.07 Å². The molecule has 1 atom stereocenters. The lowest BCUT2D eigenvalue weighted by Crippen LogP contribution is -2.08. The smallest absolute Gasteiger partial charge is 0.135 e. The number of hydrogen-bond acceptors (Lipinski definition) is 2. The van der Waals surface area contributed by atoms with Crippen LogP contribution < -0.4 is 0 Å². The van der Waals surface area contributed by atoms with Gasteiger partial charge in [-0.15, -0.1) is 0 Å². The number of aromatic hydroxyl groups is 1. The molecule has 2 nitrogen and oxygen atoms in total. The zero-order chi connectivity index (χ0) is 13.0. The van der Waals surface area contributed by atoms with Gasteiger partial charge in [-0.2, -0.15) is 0 Å². The second-order valence-electron chi connectivity index (χ2n) is 5.12. The van der Waals surface area contributed by atoms with Crippen LogP contribution in [-0.2, 0) is 4.79 Å². The van der Waals surface area contributed by atoms with Crippen LogP contribution in [0.4, 0.5) is 0 Å². The van der Waals surface area contributed by atoms with Crippen LogP contribution in [0.3, 0.4) is 0 Å². The van der Waals surface area contributed by atoms with E-state index in [2.05, 4.69) is 6.92 Å². The van der Waals surface area contributed by atoms with Gasteiger partial charge in [0.25, 0.3) is 0 Å². The first-order chi connectivity index (χ1) is 7.91. The minimum Gasteiger partial charge on any atom is -0.508 e. The van der Waals surface area contributed by atoms with Crippen LogP contribution in [0.25, 0.3) is 0 Å². The van der Waals surface area contributed by atoms with Crippen molar-refractivity contribution < 1.29 is 9.90 Å². The van der Waals surface area contributed by atoms with Crippen molar-refractivity contribution in [3.63, 3.8) is 0 Å². The van der Waals surface area contributed by atoms with Gasteiger partial charge in [-0.05, 0) is 36.5 Å². The van der Waals surface area contributed by atoms with Gasteiger partial charge in [0.15, 0.2) is 0 Å². The summed E-state index contributed by atoms with van der Waals surface area (Å²) in [6, 6.07) is 5.72. The number of hydrogen-bond donors (Lipinski definition) is 1. The lowest BCUT2D eigenvalue weighted by Gasteiger charge is -2.14. The van der Waals surface area contributed by atoms with Gasteiger partial charge in [-0.3, -0.25) is 4.79 Å². The number of carbonyl (C=O) groups is 1. The van der Waals surface area contributed by atoms with Crippen molar-refractivity contribution in [3.8, 4) is 5.75 Å². The van der Waals surface area contributed by atoms with E-state index in [0.717, 1.165) is 17.5 Å². The van der Waals surface area contributed by atoms with E-state index in [-0.39, 0.29) is 11.8 Å². The van der Waals surface area contributed by atoms with E-state index < -0.39 is 0 Å². The summed E-state index contributed by atoms with van der Waals surface area (Å²) in [7, 11) is 0. The number of ketones is 1. The molecule has 0 saturated heterocycles. The molecular formula is C15H22O2. The van der Waals surface area contributed by atoms with Crippen molar-refractivity contribution >= 4 is 5.78 Å². The zero-order valence-electron chi connectivity index (χ0n) is 11.2. The standard InChI is InChI=1S/C15H22O2/c1-10(2)14(16)8-6-12(4)13-7-5-11(3)9-15(13)17/h5,7,9-10,12,17H,6,8H2,1-4H3. The predicted octanol–water partition coefficient (Wildman–Crippen LogP) is 3.81. The Bertz CT molecular complexity index is 394. The molecule has 17 heavy (non-hydrogen) atoms. The maximum atomic E-state index is 11.6. The normalized spacial score (nSPS) is 12.8. The molecule has 0 aliphatic heterocycles. The van der Waals surface area contributed by atoms with Crippen LogP contribution in [0.1, 0.15) is 50.7 Å². The van der Waals surface area contributed by atoms with Crippen LogP contribution in [0.2, 0.25) is 0 Å². The highest BCUT2D eigenvalue weighted by Crippen LogP contribution is 2.29. The molecule has 94 valence electrons. The topological polar surface area (TPSA) is 37.3 Å². The maximum absolute atomic E-state index is 11.6. The van der Waals surface area contributed by atoms with E-state index in [1.165, 1.54) is 0 Å². The van der Waals surface area contributed by atoms with Crippen LogP contribution in [0.5, 0.6) is 5.75 Å². The van der Waals surface area contributed by atoms with E-state index in [0.29, 0.717) is 18.0 Å². The molecule has 0 radical (unpaired) electrons. The minimum atomic E-state index is 0.105. The molecule has 0 fully saturated rings. The molecule has 1 rings (SSSR count). The molecule has 0 spiro atoms. The number of rotatable bonds is 5. The summed E-state index contributed by atoms with van der Waals surface area (Å²) in [5, 5.41) is 9.85. The third-order valence-corrected chi connectivity index (χ3v) is 3.18. The van der Waals surface area contributed by atoms with Crippen molar-refractivity contribution in [1.82, 2.24) is 0 Å². The van der Waals surface area contributed by atoms with Gasteiger partial charge in [0.2, 0.25) is 0 Å². The minimum absolute atomic E-state index is 0.105. The molecule has 2 heteroatoms. The molecular weight excluding hydrogens is 212 g/mol. The molecule has 0 saturated carbocycles. The fourth-order valence-electron chi connectivity index (χ4n) is 1.87. The van der Waals surface area contributed by atoms with Crippen molar-refractivity contribution in [2.24, 2.45) is 5.92 Å². The summed E-state index contributed by atoms with van der Waals surface area (Å²) in [5.41, 5.74) is 1.99. The summed E-state index contributed by atoms with van der Waals surface area (Å²) in [6.45, 7) is 7.86. The highest BCUT2D eigenvalue weighted by atomic mass is 16.3. The Morgan fingerprint density at radius 1 is 1.29 bits per heavy atom. The second kappa shape index (κ2) is 5.85. The Balaban J connectivity index is 2.64. The lowest BCUT2D eigenvalue weighted by atomic mass is 9.92. The molecule has 1 aromatic rings. The second-order valence-corrected chi connectivity index (χ2v) is 5.12. The maximum Gasteiger partial charge on any atom is 0.135 e. The van der Waals surface area contributed by atoms with Crippen LogP contribution in [0.15, 0.2) is 18.2 Å². The molecule has 1 unspecified atom stereocenters. The zero-order valence-corrected chi connectivity index (χ0v) is 11.2. The predicted molar refractivity (Wildman–Crippen MR) is 70.3 cm³/mol. The summed E-state index contributed by atoms with van der Waals surface area (Å²) in [6.07, 6.45) is 1.39. The summed E-state index contributed by atoms with van der Waals surface area (Å²) in [5.74, 6) is 0.963. The van der Waals surface area contributed by atoms with E-state index in [4.69, 9.17) is 0 Å². The fourth-order valence-corrected chi connectivity index (χ4v) is 1.87. The Morgan fingerprint density at radius 3 is 2.47 bits per heavy atom. The SMILES string of the molecule is Cc1ccc(C(C)CCC(=O)C(C)C)c(O)c1. The lowest BCUT2D eigenvalue weighted by molar-refractivity contribution is -0.122. The molecule has 1 N–H and O–H groups in total. The highest BCUT2D eigenvalue weighted by Gasteiger charge is 2.14. The largest absolute Gasteiger partial charge is 0.508 e. The molecule has 0 aliphatic rings. The Morgan fingerprint density at radius 2 is 1.94 bits per heavy atom. The van der Waals surface area contributed by atoms with Gasteiger partial charge < -0.3 is 5.11 Å². The van der Waals surface area contributed by atoms with E-state index >= 15 is 0 Å². The third-order valence-electron chi connectivity index (χ3n) is 3.18. The summed E-state index contributed by atoms with van der Waals surface area (Å²) in [4.78, 5) is 11.6. The van der Waals surface area contributed by atoms with Crippen LogP contribution >= 0.6 is 0 Å². The number of Topliss-reactive ketones (excluding diaryl/α,β-unsaturated/α-hetero) is 1. The van der Waals surface area contributed by atoms with Crippen molar-refractivity contribution in [3.05, 3.63) is 29.3 Å². The quantitative estimate of drug-likeness (QED) is 0.841. The fraction of sp³-hybridized carbons (Fsp3) is 0.533. The Hall–Kier alpha value is -1.31. The van der Waals surface area contributed by atoms with Crippen molar-refractivity contribution in [1.29, 1.82) is 0 Å². The monoisotopic (exact) mass is 234 g/mol. The molecule has 0 amide bonds. The van der Waals surface area contributed by atoms with Gasteiger partial charge in [0.05, 0.1) is 0 Å². The molecule has 0 heterocycles. The first kappa shape index (κ1) is 13.8. The average Bonchev–Trinajstić information content (AvgIpc) is 2.25. The molecule has 0 bridgehead atoms. The third kappa shape index (κ3) is 3.88. The van der Waals surface area contributed by atoms with Gasteiger partial charge >= 0.3 is 0 Å². The number of benzene rings is 1. The Kier molecular flexibility index (Phi) is 4.73. The average molecular weight is 234 g/mol. The van der Waals surface area contributed by atoms with Gasteiger partial charge in [0.1, 0.15) is 11.5 Å². The van der Waals surface area contributed by atoms with Crippen LogP contribution in [-0.4, -0.2) is 10.9 Å². The number of carbonyl (C=O) groups excluding carboxylic acids is 1. The number of phenols is 1. The highest BCUT2D eigenvalue weighted by molar-refractivity contribution is 5.80. The first-order valence-electron chi connectivity index (χ1n) is 6.24. The van der Waals surface area contributed by atoms with Gasteiger partial charge in [-0.25, -0.2) is 0 Å². The molecule has 0 aromatic heterocycles. The number of aryl methyl sites for hydroxylation is 1. The van der Waals surface area contributed by atoms with E-state index in [9.17, 15) is 9.90 Å². The molecule has 1 aromatic carbocycles. The van der Waals surface area contributed by atoms with Gasteiger partial charge in [-0.1, -0.05) is 32.9 Å². The van der Waals surface area contributed by atoms with E-state index in [1.807, 2.05) is 32.9 Å². The Labute approximate surface area is 104 Å². The van der Waals surface area contributed by atoms with Gasteiger partial charge in [0, 0.05) is 12.3 Å². The number of phenolic OH excluding ortho intramolecular Hbond substituents is 1. The van der Waals surface area contributed by atoms with Crippen molar-refractivity contribution in [2.75, 3.05) is 0 Å².